The summed E-state index contributed by atoms with van der Waals surface area (Å²) in [6, 6.07) is 81.6. The Bertz CT molecular complexity index is 5380. The maximum atomic E-state index is 6.91. The molecule has 17 rings (SSSR count). The van der Waals surface area contributed by atoms with Crippen molar-refractivity contribution in [3.05, 3.63) is 240 Å². The molecule has 14 aromatic rings. The number of anilines is 9. The Labute approximate surface area is 547 Å². The quantitative estimate of drug-likeness (QED) is 0.161. The van der Waals surface area contributed by atoms with Crippen molar-refractivity contribution in [2.75, 3.05) is 14.7 Å². The van der Waals surface area contributed by atoms with Crippen LogP contribution in [0.4, 0.5) is 51.2 Å². The number of benzene rings is 11. The van der Waals surface area contributed by atoms with Gasteiger partial charge in [0.15, 0.2) is 0 Å². The maximum Gasteiger partial charge on any atom is 0.252 e. The van der Waals surface area contributed by atoms with Crippen LogP contribution in [0, 0.1) is 0 Å². The lowest BCUT2D eigenvalue weighted by Crippen LogP contribution is -2.62. The third-order valence-corrected chi connectivity index (χ3v) is 20.7. The summed E-state index contributed by atoms with van der Waals surface area (Å²) in [7, 11) is 0. The third kappa shape index (κ3) is 8.53. The molecular formula is C86H80BN5O. The lowest BCUT2D eigenvalue weighted by Gasteiger charge is -2.47. The minimum Gasteiger partial charge on any atom is -0.456 e. The number of nitrogens with zero attached hydrogens (tertiary/aromatic N) is 5. The van der Waals surface area contributed by atoms with Gasteiger partial charge in [-0.1, -0.05) is 195 Å². The molecule has 0 saturated heterocycles. The number of hydrogen-bond donors (Lipinski definition) is 0. The molecule has 0 saturated carbocycles. The molecule has 0 spiro atoms. The summed E-state index contributed by atoms with van der Waals surface area (Å²) >= 11 is 0. The van der Waals surface area contributed by atoms with Crippen molar-refractivity contribution >= 4 is 140 Å². The molecule has 7 heteroatoms. The first-order chi connectivity index (χ1) is 44.3. The molecule has 0 atom stereocenters. The van der Waals surface area contributed by atoms with Crippen molar-refractivity contribution in [2.45, 2.75) is 131 Å². The van der Waals surface area contributed by atoms with Gasteiger partial charge in [0, 0.05) is 61.1 Å². The Morgan fingerprint density at radius 2 is 0.817 bits per heavy atom. The summed E-state index contributed by atoms with van der Waals surface area (Å²) in [5, 5.41) is 7.26. The second-order valence-corrected chi connectivity index (χ2v) is 31.9. The smallest absolute Gasteiger partial charge is 0.252 e. The van der Waals surface area contributed by atoms with Gasteiger partial charge in [-0.25, -0.2) is 0 Å². The highest BCUT2D eigenvalue weighted by molar-refractivity contribution is 7.00. The van der Waals surface area contributed by atoms with Crippen LogP contribution in [0.25, 0.3) is 76.9 Å². The molecule has 0 bridgehead atoms. The highest BCUT2D eigenvalue weighted by Crippen LogP contribution is 2.57. The van der Waals surface area contributed by atoms with Crippen molar-refractivity contribution in [3.8, 4) is 11.4 Å². The summed E-state index contributed by atoms with van der Waals surface area (Å²) in [6.45, 7) is 35.1. The first-order valence-electron chi connectivity index (χ1n) is 33.4. The molecule has 458 valence electrons. The van der Waals surface area contributed by atoms with E-state index in [2.05, 4.69) is 340 Å². The molecule has 0 unspecified atom stereocenters. The second kappa shape index (κ2) is 19.4. The first kappa shape index (κ1) is 57.2. The molecule has 0 aliphatic carbocycles. The zero-order valence-electron chi connectivity index (χ0n) is 56.4. The Kier molecular flexibility index (Phi) is 12.0. The SMILES string of the molecule is CC(C)(C)c1cc2c3c(c1)-n1c4ccc(C(C)(C)C)cc4c4cc(C(C)(C)C)cc(c41)N3c1cc(N(c3ccccc3)c3ccccc3)cc3c1B2c1ccc(-n2c4ccc(C(C)(C)C)cc4c4cc(C(C)(C)C)ccc42)cc1N3c1cccc2oc3ccccc3c12. The van der Waals surface area contributed by atoms with Gasteiger partial charge in [-0.3, -0.25) is 0 Å². The van der Waals surface area contributed by atoms with E-state index in [0.29, 0.717) is 0 Å². The number of hydrogen-bond acceptors (Lipinski definition) is 4. The monoisotopic (exact) mass is 1210 g/mol. The van der Waals surface area contributed by atoms with E-state index < -0.39 is 0 Å². The van der Waals surface area contributed by atoms with Crippen molar-refractivity contribution < 1.29 is 4.42 Å². The number of furan rings is 1. The van der Waals surface area contributed by atoms with Crippen molar-refractivity contribution in [1.29, 1.82) is 0 Å². The number of fused-ring (bicyclic) bond motifs is 15. The average Bonchev–Trinajstić information content (AvgIpc) is 1.66. The molecule has 3 aliphatic heterocycles. The van der Waals surface area contributed by atoms with Crippen molar-refractivity contribution in [3.63, 3.8) is 0 Å². The van der Waals surface area contributed by atoms with Gasteiger partial charge < -0.3 is 28.3 Å². The highest BCUT2D eigenvalue weighted by Gasteiger charge is 2.48. The molecule has 3 aliphatic rings. The Morgan fingerprint density at radius 3 is 1.40 bits per heavy atom. The van der Waals surface area contributed by atoms with Gasteiger partial charge in [-0.05, 0) is 193 Å². The number of rotatable bonds is 5. The number of para-hydroxylation sites is 3. The molecule has 0 radical (unpaired) electrons. The Balaban J connectivity index is 1.06. The standard InChI is InChI=1S/C86H80BN5O/c1-82(2,3)51-33-38-67-61(41-51)62-42-52(83(4,5)6)34-39-68(62)89(67)58-36-37-65-71(48-58)90(70-30-24-32-77-78(70)60-29-22-23-31-76(60)93-77)72-49-59(88(56-25-18-16-19-26-56)57-27-20-17-21-28-57)50-73-79(72)87(65)66-45-55(86(13,14)15)47-75-81(66)92(73)74-46-54(85(10,11)12)44-64-63-43-53(84(7,8)9)35-40-69(63)91(75)80(64)74/h16-50H,1-15H3. The summed E-state index contributed by atoms with van der Waals surface area (Å²) in [4.78, 5) is 7.82. The molecule has 93 heavy (non-hydrogen) atoms. The molecule has 6 heterocycles. The highest BCUT2D eigenvalue weighted by atomic mass is 16.3. The van der Waals surface area contributed by atoms with Crippen LogP contribution in [0.5, 0.6) is 0 Å². The summed E-state index contributed by atoms with van der Waals surface area (Å²) in [6.07, 6.45) is 0. The van der Waals surface area contributed by atoms with E-state index in [9.17, 15) is 0 Å². The van der Waals surface area contributed by atoms with Crippen LogP contribution in [-0.4, -0.2) is 15.8 Å². The molecule has 6 nitrogen and oxygen atoms in total. The van der Waals surface area contributed by atoms with Crippen LogP contribution in [0.3, 0.4) is 0 Å². The van der Waals surface area contributed by atoms with E-state index in [-0.39, 0.29) is 33.8 Å². The van der Waals surface area contributed by atoms with E-state index in [1.54, 1.807) is 0 Å². The van der Waals surface area contributed by atoms with Gasteiger partial charge in [-0.2, -0.15) is 0 Å². The van der Waals surface area contributed by atoms with Gasteiger partial charge in [0.1, 0.15) is 11.2 Å². The van der Waals surface area contributed by atoms with E-state index in [1.807, 2.05) is 0 Å². The molecule has 0 fully saturated rings. The van der Waals surface area contributed by atoms with Gasteiger partial charge in [0.25, 0.3) is 6.71 Å². The van der Waals surface area contributed by atoms with Crippen LogP contribution in [0.1, 0.15) is 132 Å². The summed E-state index contributed by atoms with van der Waals surface area (Å²) in [5.74, 6) is 0. The molecule has 0 N–H and O–H groups in total. The minimum absolute atomic E-state index is 0.0389. The normalized spacial score (nSPS) is 13.9. The summed E-state index contributed by atoms with van der Waals surface area (Å²) in [5.41, 5.74) is 28.9. The van der Waals surface area contributed by atoms with Crippen LogP contribution >= 0.6 is 0 Å². The minimum atomic E-state index is -0.200. The van der Waals surface area contributed by atoms with Gasteiger partial charge in [0.05, 0.1) is 55.9 Å². The average molecular weight is 1210 g/mol. The Hall–Kier alpha value is -9.72. The molecule has 3 aromatic heterocycles. The van der Waals surface area contributed by atoms with Crippen LogP contribution in [-0.2, 0) is 27.1 Å². The van der Waals surface area contributed by atoms with Crippen LogP contribution in [0.2, 0.25) is 0 Å². The fourth-order valence-corrected chi connectivity index (χ4v) is 15.7. The molecule has 11 aromatic carbocycles. The van der Waals surface area contributed by atoms with Gasteiger partial charge >= 0.3 is 0 Å². The lowest BCUT2D eigenvalue weighted by molar-refractivity contribution is 0.590. The van der Waals surface area contributed by atoms with Crippen LogP contribution in [0.15, 0.2) is 217 Å². The predicted molar refractivity (Wildman–Crippen MR) is 398 cm³/mol. The van der Waals surface area contributed by atoms with Crippen molar-refractivity contribution in [2.24, 2.45) is 0 Å². The largest absolute Gasteiger partial charge is 0.456 e. The predicted octanol–water partition coefficient (Wildman–Crippen LogP) is 22.1. The second-order valence-electron chi connectivity index (χ2n) is 31.9. The van der Waals surface area contributed by atoms with E-state index in [0.717, 1.165) is 67.4 Å². The Morgan fingerprint density at radius 1 is 0.323 bits per heavy atom. The number of aromatic nitrogens is 2. The zero-order chi connectivity index (χ0) is 64.3. The molecule has 0 amide bonds. The fraction of sp³-hybridized carbons (Fsp3) is 0.233. The zero-order valence-corrected chi connectivity index (χ0v) is 56.4. The fourth-order valence-electron chi connectivity index (χ4n) is 15.7. The molecular weight excluding hydrogens is 1130 g/mol. The van der Waals surface area contributed by atoms with Gasteiger partial charge in [-0.15, -0.1) is 0 Å². The lowest BCUT2D eigenvalue weighted by atomic mass is 9.33. The van der Waals surface area contributed by atoms with Crippen LogP contribution < -0.4 is 31.1 Å². The van der Waals surface area contributed by atoms with E-state index in [1.165, 1.54) is 105 Å². The topological polar surface area (TPSA) is 32.7 Å². The maximum absolute atomic E-state index is 6.91. The first-order valence-corrected chi connectivity index (χ1v) is 33.4. The van der Waals surface area contributed by atoms with E-state index >= 15 is 0 Å². The van der Waals surface area contributed by atoms with Crippen molar-refractivity contribution in [1.82, 2.24) is 9.13 Å². The van der Waals surface area contributed by atoms with Gasteiger partial charge in [0.2, 0.25) is 0 Å². The van der Waals surface area contributed by atoms with E-state index in [4.69, 9.17) is 4.42 Å². The third-order valence-electron chi connectivity index (χ3n) is 20.7. The summed E-state index contributed by atoms with van der Waals surface area (Å²) < 4.78 is 12.1.